The average molecular weight is 603 g/mol. The molecule has 0 amide bonds. The molecule has 0 aliphatic heterocycles. The maximum atomic E-state index is 11.9. The van der Waals surface area contributed by atoms with Crippen molar-refractivity contribution in [2.75, 3.05) is 13.2 Å². The predicted octanol–water partition coefficient (Wildman–Crippen LogP) is 7.53. The fourth-order valence-electron chi connectivity index (χ4n) is 4.94. The molecule has 0 rings (SSSR count). The Morgan fingerprint density at radius 1 is 0.595 bits per heavy atom. The highest BCUT2D eigenvalue weighted by Gasteiger charge is 2.22. The van der Waals surface area contributed by atoms with E-state index in [-0.39, 0.29) is 24.6 Å². The molecule has 250 valence electrons. The quantitative estimate of drug-likeness (QED) is 0.0423. The Kier molecular flexibility index (Phi) is 29.0. The fraction of sp³-hybridized carbons (Fsp3) is 0.941. The van der Waals surface area contributed by atoms with Crippen molar-refractivity contribution >= 4 is 11.9 Å². The Morgan fingerprint density at radius 2 is 1.14 bits per heavy atom. The molecule has 8 nitrogen and oxygen atoms in total. The molecule has 3 N–H and O–H groups in total. The highest BCUT2D eigenvalue weighted by Crippen LogP contribution is 2.19. The molecule has 0 bridgehead atoms. The van der Waals surface area contributed by atoms with Gasteiger partial charge in [-0.3, -0.25) is 9.59 Å². The standard InChI is InChI=1S/C34H66O8/c1-4-7-8-9-14-19-24-30(36)31(42-33(38)6-3)25-20-15-10-11-17-22-27-40-34(39)26-21-16-12-13-18-23-29(35)28-41-32(37)5-2/h29-31,33,35-36,38H,4-28H2,1-3H3. The third-order valence-electron chi connectivity index (χ3n) is 7.75. The van der Waals surface area contributed by atoms with E-state index < -0.39 is 18.5 Å². The fourth-order valence-corrected chi connectivity index (χ4v) is 4.94. The monoisotopic (exact) mass is 602 g/mol. The van der Waals surface area contributed by atoms with Crippen LogP contribution in [0.5, 0.6) is 0 Å². The normalized spacial score (nSPS) is 14.3. The summed E-state index contributed by atoms with van der Waals surface area (Å²) in [6, 6.07) is 0. The summed E-state index contributed by atoms with van der Waals surface area (Å²) in [7, 11) is 0. The lowest BCUT2D eigenvalue weighted by Gasteiger charge is -2.26. The summed E-state index contributed by atoms with van der Waals surface area (Å²) in [5, 5.41) is 30.4. The molecule has 0 aromatic carbocycles. The van der Waals surface area contributed by atoms with Crippen LogP contribution in [0, 0.1) is 0 Å². The van der Waals surface area contributed by atoms with Crippen molar-refractivity contribution in [3.05, 3.63) is 0 Å². The van der Waals surface area contributed by atoms with E-state index in [1.807, 2.05) is 6.92 Å². The molecule has 0 aromatic rings. The Balaban J connectivity index is 3.73. The second kappa shape index (κ2) is 29.8. The van der Waals surface area contributed by atoms with E-state index in [1.54, 1.807) is 6.92 Å². The van der Waals surface area contributed by atoms with Crippen LogP contribution < -0.4 is 0 Å². The number of rotatable bonds is 31. The second-order valence-corrected chi connectivity index (χ2v) is 11.8. The topological polar surface area (TPSA) is 123 Å². The lowest BCUT2D eigenvalue weighted by atomic mass is 9.99. The van der Waals surface area contributed by atoms with E-state index in [1.165, 1.54) is 25.7 Å². The van der Waals surface area contributed by atoms with Gasteiger partial charge in [0.05, 0.1) is 24.9 Å². The van der Waals surface area contributed by atoms with Gasteiger partial charge in [0.15, 0.2) is 6.29 Å². The van der Waals surface area contributed by atoms with Crippen molar-refractivity contribution in [1.82, 2.24) is 0 Å². The van der Waals surface area contributed by atoms with Crippen LogP contribution in [0.3, 0.4) is 0 Å². The number of hydrogen-bond acceptors (Lipinski definition) is 8. The first-order valence-electron chi connectivity index (χ1n) is 17.3. The van der Waals surface area contributed by atoms with Gasteiger partial charge in [-0.15, -0.1) is 0 Å². The molecule has 4 unspecified atom stereocenters. The number of ether oxygens (including phenoxy) is 3. The summed E-state index contributed by atoms with van der Waals surface area (Å²) in [5.41, 5.74) is 0. The van der Waals surface area contributed by atoms with Crippen LogP contribution in [0.2, 0.25) is 0 Å². The van der Waals surface area contributed by atoms with E-state index in [0.29, 0.717) is 32.3 Å². The first-order chi connectivity index (χ1) is 20.3. The molecule has 0 saturated heterocycles. The van der Waals surface area contributed by atoms with Crippen LogP contribution in [0.25, 0.3) is 0 Å². The van der Waals surface area contributed by atoms with Gasteiger partial charge in [-0.05, 0) is 38.5 Å². The number of aliphatic hydroxyl groups is 3. The Bertz CT molecular complexity index is 614. The van der Waals surface area contributed by atoms with Crippen molar-refractivity contribution in [2.24, 2.45) is 0 Å². The lowest BCUT2D eigenvalue weighted by molar-refractivity contribution is -0.168. The molecule has 42 heavy (non-hydrogen) atoms. The molecular weight excluding hydrogens is 536 g/mol. The van der Waals surface area contributed by atoms with Crippen molar-refractivity contribution in [3.8, 4) is 0 Å². The van der Waals surface area contributed by atoms with Gasteiger partial charge in [-0.2, -0.15) is 0 Å². The van der Waals surface area contributed by atoms with Crippen molar-refractivity contribution in [3.63, 3.8) is 0 Å². The molecule has 4 atom stereocenters. The maximum Gasteiger partial charge on any atom is 0.305 e. The minimum Gasteiger partial charge on any atom is -0.466 e. The van der Waals surface area contributed by atoms with Crippen LogP contribution in [0.15, 0.2) is 0 Å². The molecule has 0 saturated carbocycles. The Morgan fingerprint density at radius 3 is 1.76 bits per heavy atom. The molecule has 0 aliphatic rings. The summed E-state index contributed by atoms with van der Waals surface area (Å²) >= 11 is 0. The van der Waals surface area contributed by atoms with Gasteiger partial charge in [-0.1, -0.05) is 117 Å². The van der Waals surface area contributed by atoms with Crippen molar-refractivity contribution < 1.29 is 39.1 Å². The molecule has 0 spiro atoms. The van der Waals surface area contributed by atoms with E-state index in [2.05, 4.69) is 6.92 Å². The van der Waals surface area contributed by atoms with Gasteiger partial charge in [0.2, 0.25) is 0 Å². The van der Waals surface area contributed by atoms with Gasteiger partial charge in [0, 0.05) is 12.8 Å². The smallest absolute Gasteiger partial charge is 0.305 e. The lowest BCUT2D eigenvalue weighted by Crippen LogP contribution is -2.33. The summed E-state index contributed by atoms with van der Waals surface area (Å²) in [4.78, 5) is 23.0. The van der Waals surface area contributed by atoms with Gasteiger partial charge in [0.25, 0.3) is 0 Å². The molecule has 0 heterocycles. The summed E-state index contributed by atoms with van der Waals surface area (Å²) in [5.74, 6) is -0.407. The molecule has 0 aliphatic carbocycles. The minimum atomic E-state index is -0.812. The number of aliphatic hydroxyl groups excluding tert-OH is 3. The zero-order valence-electron chi connectivity index (χ0n) is 27.4. The third-order valence-corrected chi connectivity index (χ3v) is 7.75. The van der Waals surface area contributed by atoms with Crippen molar-refractivity contribution in [2.45, 2.75) is 193 Å². The van der Waals surface area contributed by atoms with Crippen LogP contribution in [0.4, 0.5) is 0 Å². The van der Waals surface area contributed by atoms with Crippen molar-refractivity contribution in [1.29, 1.82) is 0 Å². The Labute approximate surface area is 257 Å². The zero-order valence-corrected chi connectivity index (χ0v) is 27.4. The molecule has 0 fully saturated rings. The van der Waals surface area contributed by atoms with Gasteiger partial charge < -0.3 is 29.5 Å². The first-order valence-corrected chi connectivity index (χ1v) is 17.3. The number of carbonyl (C=O) groups excluding carboxylic acids is 2. The van der Waals surface area contributed by atoms with E-state index in [9.17, 15) is 24.9 Å². The van der Waals surface area contributed by atoms with Crippen LogP contribution in [0.1, 0.15) is 168 Å². The van der Waals surface area contributed by atoms with Gasteiger partial charge in [-0.25, -0.2) is 0 Å². The Hall–Kier alpha value is -1.22. The summed E-state index contributed by atoms with van der Waals surface area (Å²) in [6.45, 7) is 6.38. The number of esters is 2. The van der Waals surface area contributed by atoms with E-state index in [4.69, 9.17) is 14.2 Å². The highest BCUT2D eigenvalue weighted by atomic mass is 16.6. The predicted molar refractivity (Wildman–Crippen MR) is 168 cm³/mol. The number of unbranched alkanes of at least 4 members (excludes halogenated alkanes) is 14. The summed E-state index contributed by atoms with van der Waals surface area (Å²) in [6.07, 6.45) is 19.2. The van der Waals surface area contributed by atoms with E-state index >= 15 is 0 Å². The number of carbonyl (C=O) groups is 2. The van der Waals surface area contributed by atoms with Crippen LogP contribution >= 0.6 is 0 Å². The third kappa shape index (κ3) is 26.4. The SMILES string of the molecule is CCCCCCCCC(O)C(CCCCCCCCOC(=O)CCCCCCCC(O)COC(=O)CC)OC(O)CC. The van der Waals surface area contributed by atoms with Crippen LogP contribution in [-0.2, 0) is 23.8 Å². The molecule has 8 heteroatoms. The largest absolute Gasteiger partial charge is 0.466 e. The molecular formula is C34H66O8. The highest BCUT2D eigenvalue weighted by molar-refractivity contribution is 5.69. The second-order valence-electron chi connectivity index (χ2n) is 11.8. The molecule has 0 radical (unpaired) electrons. The van der Waals surface area contributed by atoms with Crippen LogP contribution in [-0.4, -0.2) is 65.1 Å². The van der Waals surface area contributed by atoms with Gasteiger partial charge >= 0.3 is 11.9 Å². The summed E-state index contributed by atoms with van der Waals surface area (Å²) < 4.78 is 16.1. The maximum absolute atomic E-state index is 11.9. The molecule has 0 aromatic heterocycles. The minimum absolute atomic E-state index is 0.0731. The van der Waals surface area contributed by atoms with Gasteiger partial charge in [0.1, 0.15) is 6.61 Å². The number of hydrogen-bond donors (Lipinski definition) is 3. The average Bonchev–Trinajstić information content (AvgIpc) is 2.99. The van der Waals surface area contributed by atoms with E-state index in [0.717, 1.165) is 96.3 Å². The first kappa shape index (κ1) is 40.8. The zero-order chi connectivity index (χ0) is 31.3.